The molecule has 162 valence electrons. The highest BCUT2D eigenvalue weighted by Gasteiger charge is 2.44. The van der Waals surface area contributed by atoms with E-state index in [1.807, 2.05) is 13.8 Å². The fourth-order valence-electron chi connectivity index (χ4n) is 3.39. The third-order valence-electron chi connectivity index (χ3n) is 4.97. The molecule has 0 radical (unpaired) electrons. The maximum absolute atomic E-state index is 14.5. The molecule has 8 heteroatoms. The predicted octanol–water partition coefficient (Wildman–Crippen LogP) is 3.59. The Balaban J connectivity index is 1.78. The third-order valence-corrected chi connectivity index (χ3v) is 4.97. The molecule has 1 aliphatic heterocycles. The van der Waals surface area contributed by atoms with Gasteiger partial charge in [-0.3, -0.25) is 4.79 Å². The summed E-state index contributed by atoms with van der Waals surface area (Å²) in [6, 6.07) is 6.27. The van der Waals surface area contributed by atoms with Crippen LogP contribution in [0.5, 0.6) is 0 Å². The minimum absolute atomic E-state index is 0.0637. The van der Waals surface area contributed by atoms with E-state index in [0.29, 0.717) is 18.0 Å². The van der Waals surface area contributed by atoms with Crippen LogP contribution in [0.4, 0.5) is 24.5 Å². The quantitative estimate of drug-likeness (QED) is 0.639. The van der Waals surface area contributed by atoms with Gasteiger partial charge in [0.2, 0.25) is 0 Å². The number of hydrogen-bond donors (Lipinski definition) is 3. The lowest BCUT2D eigenvalue weighted by Crippen LogP contribution is -2.67. The number of nitrogens with one attached hydrogen (secondary N) is 2. The van der Waals surface area contributed by atoms with Crippen LogP contribution in [0.15, 0.2) is 30.3 Å². The number of β-amino-alcohol motifs (C(OH)–C–C–N with tert-alkyl or cyclic N) is 1. The Bertz CT molecular complexity index is 943. The number of nitrogens with zero attached hydrogens (tertiary/aromatic N) is 1. The largest absolute Gasteiger partial charge is 0.385 e. The van der Waals surface area contributed by atoms with Gasteiger partial charge in [0.05, 0.1) is 30.0 Å². The van der Waals surface area contributed by atoms with Crippen molar-refractivity contribution in [3.05, 3.63) is 58.9 Å². The molecule has 1 saturated heterocycles. The Hall–Kier alpha value is -2.58. The van der Waals surface area contributed by atoms with Crippen molar-refractivity contribution < 1.29 is 23.1 Å². The molecule has 1 fully saturated rings. The topological polar surface area (TPSA) is 64.6 Å². The highest BCUT2D eigenvalue weighted by Crippen LogP contribution is 2.31. The number of halogens is 3. The first kappa shape index (κ1) is 22.1. The highest BCUT2D eigenvalue weighted by molar-refractivity contribution is 6.01. The summed E-state index contributed by atoms with van der Waals surface area (Å²) in [7, 11) is 0. The smallest absolute Gasteiger partial charge is 0.256 e. The Morgan fingerprint density at radius 2 is 1.87 bits per heavy atom. The molecule has 0 aromatic heterocycles. The van der Waals surface area contributed by atoms with E-state index in [2.05, 4.69) is 10.6 Å². The molecule has 3 N–H and O–H groups in total. The molecule has 0 saturated carbocycles. The van der Waals surface area contributed by atoms with Crippen molar-refractivity contribution in [2.75, 3.05) is 31.5 Å². The molecule has 3 rings (SSSR count). The van der Waals surface area contributed by atoms with E-state index < -0.39 is 34.6 Å². The Morgan fingerprint density at radius 1 is 1.17 bits per heavy atom. The number of carbonyl (C=O) groups is 1. The zero-order valence-corrected chi connectivity index (χ0v) is 17.2. The molecular weight excluding hydrogens is 395 g/mol. The first-order valence-electron chi connectivity index (χ1n) is 9.83. The summed E-state index contributed by atoms with van der Waals surface area (Å²) in [6.45, 7) is 6.97. The van der Waals surface area contributed by atoms with Crippen LogP contribution >= 0.6 is 0 Å². The van der Waals surface area contributed by atoms with Crippen LogP contribution in [0, 0.1) is 30.3 Å². The molecule has 2 aromatic carbocycles. The lowest BCUT2D eigenvalue weighted by atomic mass is 9.92. The molecular formula is C22H26F3N3O2. The summed E-state index contributed by atoms with van der Waals surface area (Å²) in [5.41, 5.74) is -1.04. The van der Waals surface area contributed by atoms with E-state index >= 15 is 0 Å². The molecule has 0 bridgehead atoms. The van der Waals surface area contributed by atoms with E-state index in [1.165, 1.54) is 17.0 Å². The fourth-order valence-corrected chi connectivity index (χ4v) is 3.39. The highest BCUT2D eigenvalue weighted by atomic mass is 19.2. The second-order valence-electron chi connectivity index (χ2n) is 8.30. The first-order chi connectivity index (χ1) is 14.1. The molecule has 5 nitrogen and oxygen atoms in total. The van der Waals surface area contributed by atoms with E-state index in [0.717, 1.165) is 18.7 Å². The molecule has 1 heterocycles. The molecule has 0 spiro atoms. The van der Waals surface area contributed by atoms with Crippen molar-refractivity contribution in [1.29, 1.82) is 0 Å². The standard InChI is InChI=1S/C22H26F3N3O2/c1-13(2)9-26-10-22(30)11-28(12-22)21(29)15-5-6-16(23)19(25)20(15)27-18-7-4-14(3)8-17(18)24/h4-8,13,26-27,30H,9-12H2,1-3H3. The van der Waals surface area contributed by atoms with Gasteiger partial charge in [-0.25, -0.2) is 13.2 Å². The molecule has 0 unspecified atom stereocenters. The van der Waals surface area contributed by atoms with Crippen LogP contribution in [0.3, 0.4) is 0 Å². The number of hydrogen-bond acceptors (Lipinski definition) is 4. The van der Waals surface area contributed by atoms with Crippen molar-refractivity contribution in [2.24, 2.45) is 5.92 Å². The van der Waals surface area contributed by atoms with Gasteiger partial charge in [-0.1, -0.05) is 19.9 Å². The number of amides is 1. The van der Waals surface area contributed by atoms with Gasteiger partial charge in [0.25, 0.3) is 5.91 Å². The molecule has 1 aliphatic rings. The number of carbonyl (C=O) groups excluding carboxylic acids is 1. The predicted molar refractivity (Wildman–Crippen MR) is 109 cm³/mol. The fraction of sp³-hybridized carbons (Fsp3) is 0.409. The van der Waals surface area contributed by atoms with Crippen LogP contribution < -0.4 is 10.6 Å². The summed E-state index contributed by atoms with van der Waals surface area (Å²) >= 11 is 0. The normalized spacial score (nSPS) is 15.3. The maximum Gasteiger partial charge on any atom is 0.256 e. The minimum atomic E-state index is -1.27. The first-order valence-corrected chi connectivity index (χ1v) is 9.83. The van der Waals surface area contributed by atoms with E-state index in [1.54, 1.807) is 13.0 Å². The van der Waals surface area contributed by atoms with Crippen LogP contribution in [0.25, 0.3) is 0 Å². The monoisotopic (exact) mass is 421 g/mol. The van der Waals surface area contributed by atoms with Gasteiger partial charge in [0.1, 0.15) is 11.4 Å². The molecule has 0 aliphatic carbocycles. The number of likely N-dealkylation sites (tertiary alicyclic amines) is 1. The van der Waals surface area contributed by atoms with Crippen molar-refractivity contribution in [3.63, 3.8) is 0 Å². The Morgan fingerprint density at radius 3 is 2.50 bits per heavy atom. The minimum Gasteiger partial charge on any atom is -0.385 e. The van der Waals surface area contributed by atoms with Gasteiger partial charge in [0.15, 0.2) is 11.6 Å². The van der Waals surface area contributed by atoms with E-state index in [-0.39, 0.29) is 24.3 Å². The third kappa shape index (κ3) is 4.76. The lowest BCUT2D eigenvalue weighted by Gasteiger charge is -2.46. The van der Waals surface area contributed by atoms with Gasteiger partial charge in [0, 0.05) is 6.54 Å². The van der Waals surface area contributed by atoms with Crippen molar-refractivity contribution >= 4 is 17.3 Å². The van der Waals surface area contributed by atoms with Crippen molar-refractivity contribution in [2.45, 2.75) is 26.4 Å². The second-order valence-corrected chi connectivity index (χ2v) is 8.30. The SMILES string of the molecule is Cc1ccc(Nc2c(C(=O)N3CC(O)(CNCC(C)C)C3)ccc(F)c2F)c(F)c1. The molecule has 2 aromatic rings. The maximum atomic E-state index is 14.5. The van der Waals surface area contributed by atoms with Crippen LogP contribution in [0.2, 0.25) is 0 Å². The van der Waals surface area contributed by atoms with Gasteiger partial charge in [-0.05, 0) is 49.2 Å². The lowest BCUT2D eigenvalue weighted by molar-refractivity contribution is -0.0786. The van der Waals surface area contributed by atoms with E-state index in [4.69, 9.17) is 0 Å². The summed E-state index contributed by atoms with van der Waals surface area (Å²) in [6.07, 6.45) is 0. The van der Waals surface area contributed by atoms with Gasteiger partial charge >= 0.3 is 0 Å². The van der Waals surface area contributed by atoms with Gasteiger partial charge in [-0.2, -0.15) is 0 Å². The van der Waals surface area contributed by atoms with Crippen molar-refractivity contribution in [3.8, 4) is 0 Å². The average molecular weight is 421 g/mol. The van der Waals surface area contributed by atoms with E-state index in [9.17, 15) is 23.1 Å². The second kappa shape index (κ2) is 8.65. The summed E-state index contributed by atoms with van der Waals surface area (Å²) in [4.78, 5) is 14.2. The van der Waals surface area contributed by atoms with Crippen molar-refractivity contribution in [1.82, 2.24) is 10.2 Å². The van der Waals surface area contributed by atoms with Gasteiger partial charge in [-0.15, -0.1) is 0 Å². The Labute approximate surface area is 173 Å². The molecule has 1 amide bonds. The van der Waals surface area contributed by atoms with Gasteiger partial charge < -0.3 is 20.6 Å². The van der Waals surface area contributed by atoms with Crippen LogP contribution in [-0.2, 0) is 0 Å². The average Bonchev–Trinajstić information content (AvgIpc) is 2.64. The molecule has 30 heavy (non-hydrogen) atoms. The Kier molecular flexibility index (Phi) is 6.38. The number of aryl methyl sites for hydroxylation is 1. The summed E-state index contributed by atoms with van der Waals surface area (Å²) < 4.78 is 42.5. The number of benzene rings is 2. The summed E-state index contributed by atoms with van der Waals surface area (Å²) in [5.74, 6) is -3.22. The summed E-state index contributed by atoms with van der Waals surface area (Å²) in [5, 5.41) is 16.2. The van der Waals surface area contributed by atoms with Crippen LogP contribution in [-0.4, -0.2) is 47.7 Å². The number of aliphatic hydroxyl groups is 1. The molecule has 0 atom stereocenters. The number of anilines is 2. The zero-order valence-electron chi connectivity index (χ0n) is 17.2. The number of rotatable bonds is 7. The van der Waals surface area contributed by atoms with Crippen LogP contribution in [0.1, 0.15) is 29.8 Å². The zero-order chi connectivity index (χ0) is 22.1.